The molecule has 0 amide bonds. The Bertz CT molecular complexity index is 128. The summed E-state index contributed by atoms with van der Waals surface area (Å²) in [7, 11) is 2.11. The number of rotatable bonds is 3. The van der Waals surface area contributed by atoms with E-state index in [4.69, 9.17) is 10.5 Å². The Morgan fingerprint density at radius 1 is 1.58 bits per heavy atom. The molecule has 0 radical (unpaired) electrons. The summed E-state index contributed by atoms with van der Waals surface area (Å²) >= 11 is 0. The third-order valence-electron chi connectivity index (χ3n) is 2.33. The number of likely N-dealkylation sites (N-methyl/N-ethyl adjacent to an activating group) is 1. The van der Waals surface area contributed by atoms with Gasteiger partial charge in [0.1, 0.15) is 0 Å². The molecule has 3 nitrogen and oxygen atoms in total. The highest BCUT2D eigenvalue weighted by Gasteiger charge is 2.24. The number of likely N-dealkylation sites (tertiary alicyclic amines) is 1. The maximum Gasteiger partial charge on any atom is 0.0750 e. The molecule has 1 heterocycles. The highest BCUT2D eigenvalue weighted by atomic mass is 16.5. The van der Waals surface area contributed by atoms with Gasteiger partial charge >= 0.3 is 0 Å². The van der Waals surface area contributed by atoms with Crippen molar-refractivity contribution in [3.05, 3.63) is 0 Å². The first-order chi connectivity index (χ1) is 5.74. The van der Waals surface area contributed by atoms with Crippen molar-refractivity contribution in [2.24, 2.45) is 5.73 Å². The van der Waals surface area contributed by atoms with Crippen molar-refractivity contribution in [3.8, 4) is 0 Å². The van der Waals surface area contributed by atoms with Crippen LogP contribution < -0.4 is 5.73 Å². The molecule has 3 heteroatoms. The maximum absolute atomic E-state index is 5.94. The van der Waals surface area contributed by atoms with Gasteiger partial charge in [-0.25, -0.2) is 0 Å². The molecule has 0 aromatic heterocycles. The van der Waals surface area contributed by atoms with Crippen molar-refractivity contribution in [1.82, 2.24) is 4.90 Å². The minimum absolute atomic E-state index is 0.204. The van der Waals surface area contributed by atoms with Gasteiger partial charge in [0.2, 0.25) is 0 Å². The van der Waals surface area contributed by atoms with Gasteiger partial charge in [0, 0.05) is 25.7 Å². The minimum atomic E-state index is 0.204. The highest BCUT2D eigenvalue weighted by Crippen LogP contribution is 2.11. The summed E-state index contributed by atoms with van der Waals surface area (Å²) in [5, 5.41) is 0. The number of hydrogen-bond acceptors (Lipinski definition) is 3. The van der Waals surface area contributed by atoms with E-state index in [0.29, 0.717) is 6.10 Å². The first-order valence-electron chi connectivity index (χ1n) is 4.79. The van der Waals surface area contributed by atoms with Crippen LogP contribution in [0.2, 0.25) is 0 Å². The maximum atomic E-state index is 5.94. The zero-order valence-electron chi connectivity index (χ0n) is 8.12. The van der Waals surface area contributed by atoms with E-state index in [-0.39, 0.29) is 6.04 Å². The fraction of sp³-hybridized carbons (Fsp3) is 1.00. The average molecular weight is 172 g/mol. The van der Waals surface area contributed by atoms with Crippen molar-refractivity contribution < 1.29 is 4.74 Å². The van der Waals surface area contributed by atoms with Crippen LogP contribution in [0.15, 0.2) is 0 Å². The summed E-state index contributed by atoms with van der Waals surface area (Å²) in [6.45, 7) is 5.05. The highest BCUT2D eigenvalue weighted by molar-refractivity contribution is 4.82. The summed E-state index contributed by atoms with van der Waals surface area (Å²) in [6.07, 6.45) is 2.46. The van der Waals surface area contributed by atoms with Crippen molar-refractivity contribution in [2.75, 3.05) is 26.7 Å². The fourth-order valence-corrected chi connectivity index (χ4v) is 1.61. The molecule has 0 spiro atoms. The lowest BCUT2D eigenvalue weighted by atomic mass is 10.0. The number of ether oxygens (including phenoxy) is 1. The van der Waals surface area contributed by atoms with Crippen LogP contribution in [0.5, 0.6) is 0 Å². The zero-order valence-corrected chi connectivity index (χ0v) is 8.12. The molecule has 0 unspecified atom stereocenters. The van der Waals surface area contributed by atoms with E-state index in [2.05, 4.69) is 18.9 Å². The van der Waals surface area contributed by atoms with Gasteiger partial charge in [0.05, 0.1) is 6.10 Å². The molecule has 0 saturated carbocycles. The molecular weight excluding hydrogens is 152 g/mol. The lowest BCUT2D eigenvalue weighted by Crippen LogP contribution is -2.51. The van der Waals surface area contributed by atoms with Crippen LogP contribution in [-0.2, 0) is 4.74 Å². The van der Waals surface area contributed by atoms with E-state index in [1.165, 1.54) is 0 Å². The van der Waals surface area contributed by atoms with E-state index in [1.54, 1.807) is 0 Å². The van der Waals surface area contributed by atoms with Crippen molar-refractivity contribution >= 4 is 0 Å². The Hall–Kier alpha value is -0.120. The molecule has 1 saturated heterocycles. The van der Waals surface area contributed by atoms with Crippen LogP contribution in [-0.4, -0.2) is 43.8 Å². The average Bonchev–Trinajstić information content (AvgIpc) is 2.03. The van der Waals surface area contributed by atoms with E-state index in [9.17, 15) is 0 Å². The molecule has 2 N–H and O–H groups in total. The first kappa shape index (κ1) is 9.96. The third-order valence-corrected chi connectivity index (χ3v) is 2.33. The van der Waals surface area contributed by atoms with Crippen LogP contribution in [0.25, 0.3) is 0 Å². The van der Waals surface area contributed by atoms with Gasteiger partial charge in [0.25, 0.3) is 0 Å². The molecule has 72 valence electrons. The molecule has 1 fully saturated rings. The van der Waals surface area contributed by atoms with E-state index in [0.717, 1.165) is 32.5 Å². The number of hydrogen-bond donors (Lipinski definition) is 1. The Balaban J connectivity index is 2.25. The second-order valence-electron chi connectivity index (χ2n) is 3.62. The largest absolute Gasteiger partial charge is 0.377 e. The van der Waals surface area contributed by atoms with Crippen molar-refractivity contribution in [2.45, 2.75) is 31.9 Å². The summed E-state index contributed by atoms with van der Waals surface area (Å²) in [5.41, 5.74) is 5.94. The molecule has 0 aromatic carbocycles. The summed E-state index contributed by atoms with van der Waals surface area (Å²) in [6, 6.07) is 0.204. The molecule has 0 aliphatic carbocycles. The van der Waals surface area contributed by atoms with E-state index >= 15 is 0 Å². The van der Waals surface area contributed by atoms with Crippen LogP contribution in [0.1, 0.15) is 19.8 Å². The van der Waals surface area contributed by atoms with Crippen molar-refractivity contribution in [3.63, 3.8) is 0 Å². The minimum Gasteiger partial charge on any atom is -0.377 e. The monoisotopic (exact) mass is 172 g/mol. The smallest absolute Gasteiger partial charge is 0.0750 e. The SMILES string of the molecule is CCCO[C@@H]1CCN(C)C[C@@H]1N. The summed E-state index contributed by atoms with van der Waals surface area (Å²) < 4.78 is 5.64. The van der Waals surface area contributed by atoms with Gasteiger partial charge in [-0.15, -0.1) is 0 Å². The van der Waals surface area contributed by atoms with Crippen LogP contribution in [0.3, 0.4) is 0 Å². The predicted octanol–water partition coefficient (Wildman–Crippen LogP) is 0.444. The Morgan fingerprint density at radius 3 is 2.92 bits per heavy atom. The van der Waals surface area contributed by atoms with Gasteiger partial charge in [-0.2, -0.15) is 0 Å². The quantitative estimate of drug-likeness (QED) is 0.671. The number of nitrogens with zero attached hydrogens (tertiary/aromatic N) is 1. The standard InChI is InChI=1S/C9H20N2O/c1-3-6-12-9-4-5-11(2)7-8(9)10/h8-9H,3-7,10H2,1-2H3/t8-,9+/m0/s1. The summed E-state index contributed by atoms with van der Waals surface area (Å²) in [4.78, 5) is 2.26. The fourth-order valence-electron chi connectivity index (χ4n) is 1.61. The molecule has 12 heavy (non-hydrogen) atoms. The molecule has 1 aliphatic heterocycles. The lowest BCUT2D eigenvalue weighted by molar-refractivity contribution is -0.00106. The summed E-state index contributed by atoms with van der Waals surface area (Å²) in [5.74, 6) is 0. The Labute approximate surface area is 74.9 Å². The Morgan fingerprint density at radius 2 is 2.33 bits per heavy atom. The molecule has 2 atom stereocenters. The second-order valence-corrected chi connectivity index (χ2v) is 3.62. The normalized spacial score (nSPS) is 32.2. The van der Waals surface area contributed by atoms with E-state index in [1.807, 2.05) is 0 Å². The molecule has 1 rings (SSSR count). The van der Waals surface area contributed by atoms with Gasteiger partial charge in [-0.1, -0.05) is 6.92 Å². The van der Waals surface area contributed by atoms with E-state index < -0.39 is 0 Å². The van der Waals surface area contributed by atoms with Gasteiger partial charge in [-0.3, -0.25) is 0 Å². The molecule has 0 aromatic rings. The number of piperidine rings is 1. The predicted molar refractivity (Wildman–Crippen MR) is 50.1 cm³/mol. The van der Waals surface area contributed by atoms with Gasteiger partial charge < -0.3 is 15.4 Å². The van der Waals surface area contributed by atoms with Crippen LogP contribution in [0.4, 0.5) is 0 Å². The van der Waals surface area contributed by atoms with Crippen LogP contribution in [0, 0.1) is 0 Å². The number of nitrogens with two attached hydrogens (primary N) is 1. The topological polar surface area (TPSA) is 38.5 Å². The van der Waals surface area contributed by atoms with Gasteiger partial charge in [-0.05, 0) is 19.9 Å². The Kier molecular flexibility index (Phi) is 3.98. The third kappa shape index (κ3) is 2.73. The molecule has 1 aliphatic rings. The zero-order chi connectivity index (χ0) is 8.97. The molecule has 0 bridgehead atoms. The first-order valence-corrected chi connectivity index (χ1v) is 4.79. The van der Waals surface area contributed by atoms with Crippen molar-refractivity contribution in [1.29, 1.82) is 0 Å². The second kappa shape index (κ2) is 4.80. The lowest BCUT2D eigenvalue weighted by Gasteiger charge is -2.34. The van der Waals surface area contributed by atoms with Gasteiger partial charge in [0.15, 0.2) is 0 Å². The van der Waals surface area contributed by atoms with Crippen LogP contribution >= 0.6 is 0 Å². The molecular formula is C9H20N2O.